The number of hydrogen-bond donors (Lipinski definition) is 1. The number of hydrogen-bond acceptors (Lipinski definition) is 4. The largest absolute Gasteiger partial charge is 0.450 e. The maximum absolute atomic E-state index is 12.2. The van der Waals surface area contributed by atoms with Gasteiger partial charge in [0, 0.05) is 32.2 Å². The molecule has 2 rings (SSSR count). The monoisotopic (exact) mass is 311 g/mol. The number of rotatable bonds is 4. The molecule has 1 N–H and O–H groups in total. The van der Waals surface area contributed by atoms with Gasteiger partial charge in [-0.25, -0.2) is 4.79 Å². The Morgan fingerprint density at radius 3 is 2.27 bits per heavy atom. The van der Waals surface area contributed by atoms with Crippen molar-refractivity contribution in [2.75, 3.05) is 39.3 Å². The third kappa shape index (κ3) is 5.48. The van der Waals surface area contributed by atoms with Gasteiger partial charge in [0.2, 0.25) is 5.91 Å². The van der Waals surface area contributed by atoms with Gasteiger partial charge in [0.1, 0.15) is 0 Å². The second-order valence-corrected chi connectivity index (χ2v) is 6.22. The van der Waals surface area contributed by atoms with Gasteiger partial charge < -0.3 is 15.0 Å². The first kappa shape index (κ1) is 17.1. The Morgan fingerprint density at radius 2 is 1.68 bits per heavy atom. The molecule has 0 unspecified atom stereocenters. The van der Waals surface area contributed by atoms with Gasteiger partial charge in [-0.2, -0.15) is 0 Å². The highest BCUT2D eigenvalue weighted by molar-refractivity contribution is 5.78. The van der Waals surface area contributed by atoms with Crippen LogP contribution in [0.2, 0.25) is 0 Å². The summed E-state index contributed by atoms with van der Waals surface area (Å²) in [5, 5.41) is 3.17. The van der Waals surface area contributed by atoms with Gasteiger partial charge in [-0.3, -0.25) is 9.69 Å². The van der Waals surface area contributed by atoms with E-state index >= 15 is 0 Å². The molecule has 1 aliphatic carbocycles. The summed E-state index contributed by atoms with van der Waals surface area (Å²) in [6.45, 7) is 5.39. The molecule has 0 spiro atoms. The predicted octanol–water partition coefficient (Wildman–Crippen LogP) is 1.60. The Labute approximate surface area is 133 Å². The first-order chi connectivity index (χ1) is 10.7. The Balaban J connectivity index is 1.66. The van der Waals surface area contributed by atoms with Crippen molar-refractivity contribution in [3.63, 3.8) is 0 Å². The average Bonchev–Trinajstić information content (AvgIpc) is 2.77. The third-order valence-corrected chi connectivity index (χ3v) is 4.49. The highest BCUT2D eigenvalue weighted by atomic mass is 16.6. The minimum atomic E-state index is -0.245. The van der Waals surface area contributed by atoms with Crippen LogP contribution in [-0.4, -0.2) is 67.2 Å². The molecule has 1 aliphatic heterocycles. The van der Waals surface area contributed by atoms with Crippen molar-refractivity contribution < 1.29 is 14.3 Å². The molecule has 0 aromatic rings. The smallest absolute Gasteiger partial charge is 0.409 e. The predicted molar refractivity (Wildman–Crippen MR) is 84.7 cm³/mol. The molecule has 0 radical (unpaired) electrons. The normalized spacial score (nSPS) is 21.2. The van der Waals surface area contributed by atoms with Gasteiger partial charge in [0.25, 0.3) is 0 Å². The molecule has 1 saturated carbocycles. The Hall–Kier alpha value is -1.30. The molecule has 2 fully saturated rings. The van der Waals surface area contributed by atoms with E-state index in [4.69, 9.17) is 4.74 Å². The lowest BCUT2D eigenvalue weighted by Gasteiger charge is -2.33. The highest BCUT2D eigenvalue weighted by Gasteiger charge is 2.23. The summed E-state index contributed by atoms with van der Waals surface area (Å²) in [6, 6.07) is 0.357. The van der Waals surface area contributed by atoms with Crippen molar-refractivity contribution in [1.29, 1.82) is 0 Å². The van der Waals surface area contributed by atoms with Gasteiger partial charge in [-0.15, -0.1) is 0 Å². The molecule has 22 heavy (non-hydrogen) atoms. The second kappa shape index (κ2) is 8.98. The molecule has 1 saturated heterocycles. The molecule has 2 amide bonds. The number of ether oxygens (including phenoxy) is 1. The summed E-state index contributed by atoms with van der Waals surface area (Å²) < 4.78 is 5.00. The van der Waals surface area contributed by atoms with Gasteiger partial charge >= 0.3 is 6.09 Å². The van der Waals surface area contributed by atoms with Crippen LogP contribution in [0.4, 0.5) is 4.79 Å². The lowest BCUT2D eigenvalue weighted by atomic mass is 10.1. The van der Waals surface area contributed by atoms with Crippen LogP contribution in [0.1, 0.15) is 45.4 Å². The van der Waals surface area contributed by atoms with Gasteiger partial charge in [0.05, 0.1) is 13.2 Å². The van der Waals surface area contributed by atoms with E-state index in [0.29, 0.717) is 32.3 Å². The maximum Gasteiger partial charge on any atom is 0.409 e. The SMILES string of the molecule is CCOC(=O)N1CCN(CC(=O)NC2CCCCCC2)CC1. The van der Waals surface area contributed by atoms with E-state index in [1.54, 1.807) is 4.90 Å². The molecule has 0 bridgehead atoms. The molecule has 1 heterocycles. The van der Waals surface area contributed by atoms with Crippen molar-refractivity contribution in [3.05, 3.63) is 0 Å². The van der Waals surface area contributed by atoms with Crippen molar-refractivity contribution in [3.8, 4) is 0 Å². The van der Waals surface area contributed by atoms with Crippen LogP contribution in [0, 0.1) is 0 Å². The second-order valence-electron chi connectivity index (χ2n) is 6.22. The number of carbonyl (C=O) groups excluding carboxylic acids is 2. The lowest BCUT2D eigenvalue weighted by Crippen LogP contribution is -2.52. The molecule has 6 nitrogen and oxygen atoms in total. The van der Waals surface area contributed by atoms with Crippen LogP contribution in [-0.2, 0) is 9.53 Å². The minimum Gasteiger partial charge on any atom is -0.450 e. The summed E-state index contributed by atoms with van der Waals surface area (Å²) in [4.78, 5) is 27.6. The molecular weight excluding hydrogens is 282 g/mol. The Morgan fingerprint density at radius 1 is 1.05 bits per heavy atom. The van der Waals surface area contributed by atoms with E-state index in [2.05, 4.69) is 10.2 Å². The van der Waals surface area contributed by atoms with E-state index in [-0.39, 0.29) is 12.0 Å². The molecule has 126 valence electrons. The van der Waals surface area contributed by atoms with Crippen LogP contribution >= 0.6 is 0 Å². The highest BCUT2D eigenvalue weighted by Crippen LogP contribution is 2.17. The quantitative estimate of drug-likeness (QED) is 0.801. The fourth-order valence-electron chi connectivity index (χ4n) is 3.20. The van der Waals surface area contributed by atoms with E-state index in [9.17, 15) is 9.59 Å². The summed E-state index contributed by atoms with van der Waals surface area (Å²) >= 11 is 0. The Kier molecular flexibility index (Phi) is 6.96. The average molecular weight is 311 g/mol. The van der Waals surface area contributed by atoms with E-state index in [1.807, 2.05) is 6.92 Å². The molecule has 6 heteroatoms. The van der Waals surface area contributed by atoms with Crippen molar-refractivity contribution >= 4 is 12.0 Å². The van der Waals surface area contributed by atoms with E-state index in [0.717, 1.165) is 25.9 Å². The van der Waals surface area contributed by atoms with Crippen LogP contribution in [0.25, 0.3) is 0 Å². The number of nitrogens with one attached hydrogen (secondary N) is 1. The molecule has 0 aromatic carbocycles. The Bertz CT molecular complexity index is 360. The molecule has 2 aliphatic rings. The van der Waals surface area contributed by atoms with Gasteiger partial charge in [-0.05, 0) is 19.8 Å². The first-order valence-electron chi connectivity index (χ1n) is 8.62. The minimum absolute atomic E-state index is 0.122. The van der Waals surface area contributed by atoms with Crippen molar-refractivity contribution in [2.24, 2.45) is 0 Å². The van der Waals surface area contributed by atoms with Crippen LogP contribution in [0.15, 0.2) is 0 Å². The number of piperazine rings is 1. The summed E-state index contributed by atoms with van der Waals surface area (Å²) in [7, 11) is 0. The maximum atomic E-state index is 12.2. The van der Waals surface area contributed by atoms with Gasteiger partial charge in [-0.1, -0.05) is 25.7 Å². The number of nitrogens with zero attached hydrogens (tertiary/aromatic N) is 2. The summed E-state index contributed by atoms with van der Waals surface area (Å²) in [5.41, 5.74) is 0. The molecular formula is C16H29N3O3. The zero-order valence-electron chi connectivity index (χ0n) is 13.7. The first-order valence-corrected chi connectivity index (χ1v) is 8.62. The zero-order valence-corrected chi connectivity index (χ0v) is 13.7. The number of amides is 2. The number of carbonyl (C=O) groups is 2. The lowest BCUT2D eigenvalue weighted by molar-refractivity contribution is -0.123. The fourth-order valence-corrected chi connectivity index (χ4v) is 3.20. The van der Waals surface area contributed by atoms with Crippen LogP contribution in [0.5, 0.6) is 0 Å². The zero-order chi connectivity index (χ0) is 15.8. The molecule has 0 aromatic heterocycles. The van der Waals surface area contributed by atoms with E-state index < -0.39 is 0 Å². The van der Waals surface area contributed by atoms with Crippen LogP contribution < -0.4 is 5.32 Å². The summed E-state index contributed by atoms with van der Waals surface area (Å²) in [5.74, 6) is 0.122. The topological polar surface area (TPSA) is 61.9 Å². The van der Waals surface area contributed by atoms with Crippen molar-refractivity contribution in [2.45, 2.75) is 51.5 Å². The fraction of sp³-hybridized carbons (Fsp3) is 0.875. The van der Waals surface area contributed by atoms with Crippen LogP contribution in [0.3, 0.4) is 0 Å². The summed E-state index contributed by atoms with van der Waals surface area (Å²) in [6.07, 6.45) is 7.02. The standard InChI is InChI=1S/C16H29N3O3/c1-2-22-16(21)19-11-9-18(10-12-19)13-15(20)17-14-7-5-3-4-6-8-14/h14H,2-13H2,1H3,(H,17,20). The van der Waals surface area contributed by atoms with E-state index in [1.165, 1.54) is 25.7 Å². The molecule has 0 atom stereocenters. The van der Waals surface area contributed by atoms with Crippen molar-refractivity contribution in [1.82, 2.24) is 15.1 Å². The third-order valence-electron chi connectivity index (χ3n) is 4.49. The van der Waals surface area contributed by atoms with Gasteiger partial charge in [0.15, 0.2) is 0 Å².